The molecule has 1 aromatic heterocycles. The molecule has 0 N–H and O–H groups in total. The number of fused-ring (bicyclic) bond motifs is 2. The third-order valence-corrected chi connectivity index (χ3v) is 8.42. The third kappa shape index (κ3) is 5.23. The molecule has 3 aliphatic heterocycles. The predicted molar refractivity (Wildman–Crippen MR) is 142 cm³/mol. The number of carbonyl (C=O) groups excluding carboxylic acids is 1. The van der Waals surface area contributed by atoms with Crippen LogP contribution in [0.15, 0.2) is 36.7 Å². The topological polar surface area (TPSA) is 52.6 Å². The van der Waals surface area contributed by atoms with E-state index in [1.54, 1.807) is 0 Å². The Labute approximate surface area is 210 Å². The first-order valence-corrected chi connectivity index (χ1v) is 13.6. The van der Waals surface area contributed by atoms with Gasteiger partial charge >= 0.3 is 0 Å². The van der Waals surface area contributed by atoms with E-state index >= 15 is 0 Å². The summed E-state index contributed by atoms with van der Waals surface area (Å²) in [6, 6.07) is 10.3. The van der Waals surface area contributed by atoms with Gasteiger partial charge in [-0.15, -0.1) is 0 Å². The molecular weight excluding hydrogens is 434 g/mol. The highest BCUT2D eigenvalue weighted by molar-refractivity contribution is 5.82. The smallest absolute Gasteiger partial charge is 0.225 e. The van der Waals surface area contributed by atoms with Gasteiger partial charge in [0.1, 0.15) is 5.78 Å². The van der Waals surface area contributed by atoms with Crippen molar-refractivity contribution in [2.24, 2.45) is 5.92 Å². The van der Waals surface area contributed by atoms with Crippen molar-refractivity contribution in [2.75, 3.05) is 36.0 Å². The lowest BCUT2D eigenvalue weighted by Gasteiger charge is -2.42. The Morgan fingerprint density at radius 1 is 0.914 bits per heavy atom. The highest BCUT2D eigenvalue weighted by atomic mass is 16.1. The summed E-state index contributed by atoms with van der Waals surface area (Å²) in [4.78, 5) is 29.3. The lowest BCUT2D eigenvalue weighted by molar-refractivity contribution is -0.121. The zero-order valence-electron chi connectivity index (χ0n) is 21.9. The number of anilines is 2. The van der Waals surface area contributed by atoms with Gasteiger partial charge in [0.25, 0.3) is 0 Å². The summed E-state index contributed by atoms with van der Waals surface area (Å²) in [5.41, 5.74) is 3.65. The van der Waals surface area contributed by atoms with Gasteiger partial charge in [-0.2, -0.15) is 0 Å². The fraction of sp³-hybridized carbons (Fsp3) is 0.621. The van der Waals surface area contributed by atoms with Crippen molar-refractivity contribution in [3.63, 3.8) is 0 Å². The van der Waals surface area contributed by atoms with Crippen LogP contribution >= 0.6 is 0 Å². The number of nitrogens with zero attached hydrogens (tertiary/aromatic N) is 5. The number of piperazine rings is 1. The summed E-state index contributed by atoms with van der Waals surface area (Å²) in [5, 5.41) is 0. The number of ketones is 1. The van der Waals surface area contributed by atoms with E-state index in [1.165, 1.54) is 24.1 Å². The van der Waals surface area contributed by atoms with Gasteiger partial charge in [-0.3, -0.25) is 9.69 Å². The van der Waals surface area contributed by atoms with Gasteiger partial charge in [0.05, 0.1) is 0 Å². The molecule has 188 valence electrons. The number of piperidine rings is 1. The second-order valence-corrected chi connectivity index (χ2v) is 11.4. The SMILES string of the molecule is CC(C)C(=O)Cc1ccc(N2CCC(c3cnc(N4C5CCC4CN(C(C)C)C5)nc3)CC2)cc1. The first-order chi connectivity index (χ1) is 16.9. The van der Waals surface area contributed by atoms with E-state index in [0.717, 1.165) is 50.5 Å². The van der Waals surface area contributed by atoms with Crippen LogP contribution in [0.2, 0.25) is 0 Å². The Morgan fingerprint density at radius 2 is 1.51 bits per heavy atom. The van der Waals surface area contributed by atoms with Crippen molar-refractivity contribution >= 4 is 17.4 Å². The molecule has 2 unspecified atom stereocenters. The Hall–Kier alpha value is -2.47. The Morgan fingerprint density at radius 3 is 2.06 bits per heavy atom. The summed E-state index contributed by atoms with van der Waals surface area (Å²) >= 11 is 0. The maximum Gasteiger partial charge on any atom is 0.225 e. The summed E-state index contributed by atoms with van der Waals surface area (Å²) in [6.07, 6.45) is 9.47. The average molecular weight is 476 g/mol. The second-order valence-electron chi connectivity index (χ2n) is 11.4. The molecule has 1 aromatic carbocycles. The molecule has 0 amide bonds. The Bertz CT molecular complexity index is 981. The number of hydrogen-bond acceptors (Lipinski definition) is 6. The molecule has 4 heterocycles. The second kappa shape index (κ2) is 10.3. The van der Waals surface area contributed by atoms with Gasteiger partial charge < -0.3 is 9.80 Å². The monoisotopic (exact) mass is 475 g/mol. The summed E-state index contributed by atoms with van der Waals surface area (Å²) in [6.45, 7) is 12.9. The molecule has 0 aliphatic carbocycles. The van der Waals surface area contributed by atoms with Gasteiger partial charge in [0, 0.05) is 74.7 Å². The van der Waals surface area contributed by atoms with Crippen molar-refractivity contribution in [1.29, 1.82) is 0 Å². The van der Waals surface area contributed by atoms with Gasteiger partial charge in [-0.05, 0) is 68.7 Å². The molecule has 2 bridgehead atoms. The maximum absolute atomic E-state index is 12.0. The van der Waals surface area contributed by atoms with Gasteiger partial charge in [-0.1, -0.05) is 26.0 Å². The number of likely N-dealkylation sites (tertiary alicyclic amines) is 1. The fourth-order valence-corrected chi connectivity index (χ4v) is 6.06. The summed E-state index contributed by atoms with van der Waals surface area (Å²) < 4.78 is 0. The van der Waals surface area contributed by atoms with E-state index in [4.69, 9.17) is 9.97 Å². The zero-order chi connectivity index (χ0) is 24.5. The van der Waals surface area contributed by atoms with Crippen LogP contribution in [0.4, 0.5) is 11.6 Å². The predicted octanol–water partition coefficient (Wildman–Crippen LogP) is 4.69. The fourth-order valence-electron chi connectivity index (χ4n) is 6.06. The number of hydrogen-bond donors (Lipinski definition) is 0. The molecule has 35 heavy (non-hydrogen) atoms. The van der Waals surface area contributed by atoms with Crippen LogP contribution in [0, 0.1) is 5.92 Å². The average Bonchev–Trinajstić information content (AvgIpc) is 3.13. The van der Waals surface area contributed by atoms with Gasteiger partial charge in [-0.25, -0.2) is 9.97 Å². The molecule has 6 heteroatoms. The highest BCUT2D eigenvalue weighted by Gasteiger charge is 2.41. The number of rotatable bonds is 7. The van der Waals surface area contributed by atoms with E-state index in [9.17, 15) is 4.79 Å². The number of aromatic nitrogens is 2. The van der Waals surface area contributed by atoms with E-state index in [2.05, 4.69) is 65.2 Å². The number of Topliss-reactive ketones (excluding diaryl/α,β-unsaturated/α-hetero) is 1. The van der Waals surface area contributed by atoms with E-state index < -0.39 is 0 Å². The van der Waals surface area contributed by atoms with Crippen molar-refractivity contribution in [1.82, 2.24) is 14.9 Å². The lowest BCUT2D eigenvalue weighted by Crippen LogP contribution is -2.56. The van der Waals surface area contributed by atoms with E-state index in [-0.39, 0.29) is 5.92 Å². The Balaban J connectivity index is 1.16. The molecule has 0 spiro atoms. The van der Waals surface area contributed by atoms with Gasteiger partial charge in [0.15, 0.2) is 0 Å². The minimum atomic E-state index is 0.0944. The summed E-state index contributed by atoms with van der Waals surface area (Å²) in [5.74, 6) is 1.85. The zero-order valence-corrected chi connectivity index (χ0v) is 21.9. The van der Waals surface area contributed by atoms with Crippen molar-refractivity contribution < 1.29 is 4.79 Å². The minimum absolute atomic E-state index is 0.0944. The van der Waals surface area contributed by atoms with E-state index in [1.807, 2.05) is 13.8 Å². The first kappa shape index (κ1) is 24.2. The molecule has 0 saturated carbocycles. The minimum Gasteiger partial charge on any atom is -0.371 e. The lowest BCUT2D eigenvalue weighted by atomic mass is 9.91. The Kier molecular flexibility index (Phi) is 7.10. The standard InChI is InChI=1S/C29H41N5O/c1-20(2)28(35)15-22-5-7-25(8-6-22)32-13-11-23(12-14-32)24-16-30-29(31-17-24)34-26-9-10-27(34)19-33(18-26)21(3)4/h5-8,16-17,20-21,23,26-27H,9-15,18-19H2,1-4H3. The molecule has 3 saturated heterocycles. The van der Waals surface area contributed by atoms with Crippen LogP contribution in [-0.2, 0) is 11.2 Å². The van der Waals surface area contributed by atoms with Gasteiger partial charge in [0.2, 0.25) is 5.95 Å². The summed E-state index contributed by atoms with van der Waals surface area (Å²) in [7, 11) is 0. The molecule has 5 rings (SSSR count). The van der Waals surface area contributed by atoms with Crippen molar-refractivity contribution in [3.8, 4) is 0 Å². The van der Waals surface area contributed by atoms with Crippen LogP contribution in [0.5, 0.6) is 0 Å². The molecule has 3 fully saturated rings. The molecule has 0 radical (unpaired) electrons. The first-order valence-electron chi connectivity index (χ1n) is 13.6. The van der Waals surface area contributed by atoms with Crippen LogP contribution < -0.4 is 9.80 Å². The number of benzene rings is 1. The molecular formula is C29H41N5O. The molecule has 6 nitrogen and oxygen atoms in total. The molecule has 2 atom stereocenters. The normalized spacial score (nSPS) is 23.5. The van der Waals surface area contributed by atoms with Crippen LogP contribution in [0.25, 0.3) is 0 Å². The van der Waals surface area contributed by atoms with Crippen molar-refractivity contribution in [2.45, 2.75) is 83.8 Å². The quantitative estimate of drug-likeness (QED) is 0.579. The molecule has 2 aromatic rings. The van der Waals surface area contributed by atoms with Crippen LogP contribution in [0.1, 0.15) is 70.4 Å². The largest absolute Gasteiger partial charge is 0.371 e. The maximum atomic E-state index is 12.0. The van der Waals surface area contributed by atoms with Crippen molar-refractivity contribution in [3.05, 3.63) is 47.8 Å². The van der Waals surface area contributed by atoms with E-state index in [0.29, 0.717) is 36.2 Å². The van der Waals surface area contributed by atoms with Crippen LogP contribution in [-0.4, -0.2) is 65.0 Å². The highest BCUT2D eigenvalue weighted by Crippen LogP contribution is 2.35. The third-order valence-electron chi connectivity index (χ3n) is 8.42. The molecule has 3 aliphatic rings. The number of carbonyl (C=O) groups is 1. The van der Waals surface area contributed by atoms with Crippen LogP contribution in [0.3, 0.4) is 0 Å².